The molecular formula is C20H15BrN4O4S. The van der Waals surface area contributed by atoms with Crippen LogP contribution in [0.4, 0.5) is 5.69 Å². The summed E-state index contributed by atoms with van der Waals surface area (Å²) in [6.45, 7) is 4.16. The van der Waals surface area contributed by atoms with Crippen molar-refractivity contribution in [3.63, 3.8) is 0 Å². The number of nitro groups is 1. The molecule has 10 heteroatoms. The predicted octanol–water partition coefficient (Wildman–Crippen LogP) is 4.58. The Bertz CT molecular complexity index is 1230. The van der Waals surface area contributed by atoms with Crippen LogP contribution in [-0.2, 0) is 0 Å². The van der Waals surface area contributed by atoms with Gasteiger partial charge in [-0.2, -0.15) is 5.10 Å². The van der Waals surface area contributed by atoms with E-state index in [1.54, 1.807) is 16.8 Å². The first kappa shape index (κ1) is 20.0. The largest absolute Gasteiger partial charge is 0.454 e. The minimum Gasteiger partial charge on any atom is -0.454 e. The minimum atomic E-state index is -0.472. The number of hydrogen-bond donors (Lipinski definition) is 0. The van der Waals surface area contributed by atoms with E-state index in [0.717, 1.165) is 15.7 Å². The molecular weight excluding hydrogens is 472 g/mol. The minimum absolute atomic E-state index is 0.0317. The van der Waals surface area contributed by atoms with E-state index in [-0.39, 0.29) is 12.5 Å². The van der Waals surface area contributed by atoms with Crippen LogP contribution in [0.25, 0.3) is 11.3 Å². The maximum Gasteiger partial charge on any atom is 0.282 e. The second-order valence-electron chi connectivity index (χ2n) is 6.12. The summed E-state index contributed by atoms with van der Waals surface area (Å²) in [5.74, 6) is 0.791. The van der Waals surface area contributed by atoms with E-state index in [9.17, 15) is 10.1 Å². The monoisotopic (exact) mass is 486 g/mol. The van der Waals surface area contributed by atoms with Crippen LogP contribution < -0.4 is 14.3 Å². The number of nitrogens with zero attached hydrogens (tertiary/aromatic N) is 4. The molecule has 0 amide bonds. The Balaban J connectivity index is 1.83. The molecule has 0 saturated carbocycles. The topological polar surface area (TPSA) is 91.2 Å². The highest BCUT2D eigenvalue weighted by Gasteiger charge is 2.22. The molecule has 0 N–H and O–H groups in total. The Morgan fingerprint density at radius 1 is 1.30 bits per heavy atom. The van der Waals surface area contributed by atoms with Crippen LogP contribution in [0.5, 0.6) is 11.5 Å². The zero-order chi connectivity index (χ0) is 21.1. The molecule has 0 unspecified atom stereocenters. The summed E-state index contributed by atoms with van der Waals surface area (Å²) >= 11 is 4.90. The molecule has 0 bridgehead atoms. The number of halogens is 1. The van der Waals surface area contributed by atoms with Gasteiger partial charge in [0.05, 0.1) is 35.0 Å². The lowest BCUT2D eigenvalue weighted by atomic mass is 10.1. The molecule has 3 aromatic rings. The second kappa shape index (κ2) is 8.64. The summed E-state index contributed by atoms with van der Waals surface area (Å²) in [7, 11) is 0. The summed E-state index contributed by atoms with van der Waals surface area (Å²) in [6.07, 6.45) is 3.12. The lowest BCUT2D eigenvalue weighted by Gasteiger charge is -2.05. The molecule has 0 radical (unpaired) electrons. The average molecular weight is 487 g/mol. The maximum atomic E-state index is 11.5. The van der Waals surface area contributed by atoms with Crippen molar-refractivity contribution in [3.05, 3.63) is 79.4 Å². The molecule has 0 fully saturated rings. The number of rotatable bonds is 6. The third-order valence-electron chi connectivity index (χ3n) is 4.19. The van der Waals surface area contributed by atoms with Crippen LogP contribution in [0.15, 0.2) is 69.0 Å². The van der Waals surface area contributed by atoms with Crippen LogP contribution in [0.3, 0.4) is 0 Å². The van der Waals surface area contributed by atoms with Crippen molar-refractivity contribution in [1.29, 1.82) is 0 Å². The lowest BCUT2D eigenvalue weighted by molar-refractivity contribution is -0.385. The number of aromatic nitrogens is 1. The Morgan fingerprint density at radius 3 is 2.83 bits per heavy atom. The second-order valence-corrected chi connectivity index (χ2v) is 7.87. The molecule has 2 aromatic carbocycles. The van der Waals surface area contributed by atoms with Gasteiger partial charge in [-0.05, 0) is 18.2 Å². The van der Waals surface area contributed by atoms with Crippen LogP contribution >= 0.6 is 27.3 Å². The highest BCUT2D eigenvalue weighted by atomic mass is 79.9. The summed E-state index contributed by atoms with van der Waals surface area (Å²) in [6, 6.07) is 10.7. The van der Waals surface area contributed by atoms with Crippen molar-refractivity contribution in [2.75, 3.05) is 13.3 Å². The molecule has 1 aliphatic heterocycles. The smallest absolute Gasteiger partial charge is 0.282 e. The zero-order valence-electron chi connectivity index (χ0n) is 15.5. The Morgan fingerprint density at radius 2 is 2.10 bits per heavy atom. The molecule has 0 atom stereocenters. The number of hydrogen-bond acceptors (Lipinski definition) is 7. The lowest BCUT2D eigenvalue weighted by Crippen LogP contribution is -2.12. The normalized spacial score (nSPS) is 13.2. The van der Waals surface area contributed by atoms with Gasteiger partial charge in [-0.3, -0.25) is 15.1 Å². The van der Waals surface area contributed by atoms with E-state index < -0.39 is 4.92 Å². The van der Waals surface area contributed by atoms with Crippen molar-refractivity contribution in [1.82, 2.24) is 4.68 Å². The molecule has 1 aromatic heterocycles. The average Bonchev–Trinajstić information content (AvgIpc) is 3.36. The molecule has 0 saturated heterocycles. The Kier molecular flexibility index (Phi) is 5.77. The number of fused-ring (bicyclic) bond motifs is 1. The molecule has 0 aliphatic carbocycles. The van der Waals surface area contributed by atoms with Crippen molar-refractivity contribution < 1.29 is 14.4 Å². The first-order chi connectivity index (χ1) is 14.6. The maximum absolute atomic E-state index is 11.5. The fourth-order valence-corrected chi connectivity index (χ4v) is 4.08. The SMILES string of the molecule is C=CCN=c1scc(-c2cccc(Br)c2)n1/N=C\c1cc2c(cc1[N+](=O)[O-])OCO2. The van der Waals surface area contributed by atoms with Gasteiger partial charge in [0.1, 0.15) is 0 Å². The summed E-state index contributed by atoms with van der Waals surface area (Å²) in [5, 5.41) is 18.0. The standard InChI is InChI=1S/C20H15BrN4O4S/c1-2-6-22-20-24(17(11-30-20)13-4-3-5-15(21)7-13)23-10-14-8-18-19(29-12-28-18)9-16(14)25(26)27/h2-5,7-11H,1,6,12H2/b22-20?,23-10-. The van der Waals surface area contributed by atoms with Gasteiger partial charge in [-0.1, -0.05) is 34.1 Å². The quantitative estimate of drug-likeness (QED) is 0.220. The van der Waals surface area contributed by atoms with Gasteiger partial charge in [-0.15, -0.1) is 17.9 Å². The van der Waals surface area contributed by atoms with Gasteiger partial charge < -0.3 is 9.47 Å². The summed E-state index contributed by atoms with van der Waals surface area (Å²) in [4.78, 5) is 16.2. The van der Waals surface area contributed by atoms with Gasteiger partial charge in [0.25, 0.3) is 5.69 Å². The molecule has 0 spiro atoms. The summed E-state index contributed by atoms with van der Waals surface area (Å²) in [5.41, 5.74) is 1.92. The Labute approximate surface area is 183 Å². The predicted molar refractivity (Wildman–Crippen MR) is 118 cm³/mol. The Hall–Kier alpha value is -3.24. The van der Waals surface area contributed by atoms with Crippen molar-refractivity contribution in [2.24, 2.45) is 10.1 Å². The van der Waals surface area contributed by atoms with E-state index >= 15 is 0 Å². The molecule has 30 heavy (non-hydrogen) atoms. The fraction of sp³-hybridized carbons (Fsp3) is 0.100. The van der Waals surface area contributed by atoms with Gasteiger partial charge in [-0.25, -0.2) is 4.68 Å². The van der Waals surface area contributed by atoms with E-state index in [1.807, 2.05) is 29.6 Å². The van der Waals surface area contributed by atoms with Crippen molar-refractivity contribution >= 4 is 39.2 Å². The van der Waals surface area contributed by atoms with E-state index in [2.05, 4.69) is 32.6 Å². The van der Waals surface area contributed by atoms with Crippen molar-refractivity contribution in [3.8, 4) is 22.8 Å². The van der Waals surface area contributed by atoms with Gasteiger partial charge >= 0.3 is 0 Å². The number of nitro benzene ring substituents is 1. The van der Waals surface area contributed by atoms with E-state index in [1.165, 1.54) is 23.6 Å². The fourth-order valence-electron chi connectivity index (χ4n) is 2.84. The van der Waals surface area contributed by atoms with Crippen LogP contribution in [0, 0.1) is 10.1 Å². The number of thiazole rings is 1. The van der Waals surface area contributed by atoms with E-state index in [4.69, 9.17) is 9.47 Å². The first-order valence-corrected chi connectivity index (χ1v) is 10.4. The molecule has 152 valence electrons. The van der Waals surface area contributed by atoms with Crippen LogP contribution in [0.2, 0.25) is 0 Å². The third kappa shape index (κ3) is 4.05. The molecule has 8 nitrogen and oxygen atoms in total. The molecule has 1 aliphatic rings. The van der Waals surface area contributed by atoms with Crippen LogP contribution in [0.1, 0.15) is 5.56 Å². The number of benzene rings is 2. The van der Waals surface area contributed by atoms with Crippen molar-refractivity contribution in [2.45, 2.75) is 0 Å². The van der Waals surface area contributed by atoms with E-state index in [0.29, 0.717) is 28.4 Å². The zero-order valence-corrected chi connectivity index (χ0v) is 17.9. The van der Waals surface area contributed by atoms with Gasteiger partial charge in [0.15, 0.2) is 11.5 Å². The summed E-state index contributed by atoms with van der Waals surface area (Å²) < 4.78 is 13.2. The molecule has 4 rings (SSSR count). The number of ether oxygens (including phenoxy) is 2. The first-order valence-electron chi connectivity index (χ1n) is 8.77. The van der Waals surface area contributed by atoms with Gasteiger partial charge in [0, 0.05) is 15.4 Å². The highest BCUT2D eigenvalue weighted by molar-refractivity contribution is 9.10. The van der Waals surface area contributed by atoms with Crippen LogP contribution in [-0.4, -0.2) is 29.2 Å². The molecule has 2 heterocycles. The van der Waals surface area contributed by atoms with Gasteiger partial charge in [0.2, 0.25) is 11.6 Å². The third-order valence-corrected chi connectivity index (χ3v) is 5.54. The highest BCUT2D eigenvalue weighted by Crippen LogP contribution is 2.37.